The monoisotopic (exact) mass is 351 g/mol. The number of hydrogen-bond donors (Lipinski definition) is 0. The molecule has 7 nitrogen and oxygen atoms in total. The third kappa shape index (κ3) is 3.17. The molecule has 7 heteroatoms. The van der Waals surface area contributed by atoms with E-state index in [1.54, 1.807) is 11.1 Å². The molecule has 3 aromatic rings. The van der Waals surface area contributed by atoms with Crippen LogP contribution in [0.3, 0.4) is 0 Å². The van der Waals surface area contributed by atoms with Crippen molar-refractivity contribution in [1.82, 2.24) is 24.3 Å². The molecule has 1 fully saturated rings. The third-order valence-electron chi connectivity index (χ3n) is 4.49. The molecule has 1 saturated heterocycles. The minimum atomic E-state index is -0.243. The minimum absolute atomic E-state index is 0.0813. The predicted octanol–water partition coefficient (Wildman–Crippen LogP) is 2.26. The molecule has 0 saturated carbocycles. The maximum Gasteiger partial charge on any atom is 0.274 e. The van der Waals surface area contributed by atoms with Crippen LogP contribution >= 0.6 is 0 Å². The van der Waals surface area contributed by atoms with Gasteiger partial charge in [0.05, 0.1) is 18.8 Å². The highest BCUT2D eigenvalue weighted by Gasteiger charge is 2.28. The van der Waals surface area contributed by atoms with Gasteiger partial charge in [0.15, 0.2) is 0 Å². The quantitative estimate of drug-likeness (QED) is 0.708. The molecular formula is C19H21N5O2. The number of fused-ring (bicyclic) bond motifs is 1. The van der Waals surface area contributed by atoms with Gasteiger partial charge in [-0.15, -0.1) is 0 Å². The van der Waals surface area contributed by atoms with E-state index < -0.39 is 0 Å². The first-order valence-electron chi connectivity index (χ1n) is 8.68. The number of aryl methyl sites for hydroxylation is 3. The largest absolute Gasteiger partial charge is 0.368 e. The molecule has 0 aliphatic carbocycles. The lowest BCUT2D eigenvalue weighted by atomic mass is 10.1. The number of aromatic nitrogens is 4. The van der Waals surface area contributed by atoms with Crippen molar-refractivity contribution in [3.8, 4) is 0 Å². The molecule has 26 heavy (non-hydrogen) atoms. The fraction of sp³-hybridized carbons (Fsp3) is 0.368. The van der Waals surface area contributed by atoms with Crippen LogP contribution in [-0.2, 0) is 4.74 Å². The van der Waals surface area contributed by atoms with Crippen LogP contribution in [0.25, 0.3) is 5.65 Å². The van der Waals surface area contributed by atoms with Crippen molar-refractivity contribution in [2.75, 3.05) is 19.7 Å². The first kappa shape index (κ1) is 16.7. The first-order chi connectivity index (χ1) is 12.5. The Labute approximate surface area is 151 Å². The fourth-order valence-corrected chi connectivity index (χ4v) is 3.29. The molecule has 0 radical (unpaired) electrons. The summed E-state index contributed by atoms with van der Waals surface area (Å²) in [5.41, 5.74) is 4.06. The maximum atomic E-state index is 12.9. The molecule has 134 valence electrons. The van der Waals surface area contributed by atoms with E-state index in [1.807, 2.05) is 49.6 Å². The van der Waals surface area contributed by atoms with E-state index in [0.29, 0.717) is 31.2 Å². The normalized spacial score (nSPS) is 17.7. The zero-order valence-corrected chi connectivity index (χ0v) is 15.1. The first-order valence-corrected chi connectivity index (χ1v) is 8.68. The molecule has 0 bridgehead atoms. The Morgan fingerprint density at radius 3 is 2.81 bits per heavy atom. The molecule has 4 rings (SSSR count). The van der Waals surface area contributed by atoms with Gasteiger partial charge in [-0.1, -0.05) is 6.07 Å². The summed E-state index contributed by atoms with van der Waals surface area (Å²) in [4.78, 5) is 28.0. The molecule has 1 amide bonds. The minimum Gasteiger partial charge on any atom is -0.368 e. The summed E-state index contributed by atoms with van der Waals surface area (Å²) in [5, 5.41) is 0. The molecule has 1 aliphatic heterocycles. The van der Waals surface area contributed by atoms with Crippen LogP contribution in [0.2, 0.25) is 0 Å². The number of nitrogens with zero attached hydrogens (tertiary/aromatic N) is 5. The second-order valence-electron chi connectivity index (χ2n) is 6.69. The number of morpholine rings is 1. The molecule has 3 aromatic heterocycles. The zero-order valence-electron chi connectivity index (χ0n) is 15.1. The van der Waals surface area contributed by atoms with Crippen molar-refractivity contribution in [3.63, 3.8) is 0 Å². The van der Waals surface area contributed by atoms with E-state index in [2.05, 4.69) is 15.0 Å². The topological polar surface area (TPSA) is 72.6 Å². The van der Waals surface area contributed by atoms with Crippen LogP contribution in [0.5, 0.6) is 0 Å². The van der Waals surface area contributed by atoms with Gasteiger partial charge in [0, 0.05) is 24.6 Å². The molecule has 1 aliphatic rings. The van der Waals surface area contributed by atoms with Gasteiger partial charge in [-0.25, -0.2) is 15.0 Å². The highest BCUT2D eigenvalue weighted by atomic mass is 16.5. The Morgan fingerprint density at radius 1 is 1.15 bits per heavy atom. The van der Waals surface area contributed by atoms with E-state index in [9.17, 15) is 4.79 Å². The second kappa shape index (κ2) is 6.49. The SMILES string of the molecule is Cc1ccc2nc(C(=O)N3CCO[C@@H](c4cc(C)nc(C)n4)C3)cn2c1. The number of amides is 1. The fourth-order valence-electron chi connectivity index (χ4n) is 3.29. The van der Waals surface area contributed by atoms with Gasteiger partial charge < -0.3 is 14.0 Å². The predicted molar refractivity (Wildman–Crippen MR) is 96.0 cm³/mol. The second-order valence-corrected chi connectivity index (χ2v) is 6.69. The lowest BCUT2D eigenvalue weighted by Crippen LogP contribution is -2.42. The standard InChI is InChI=1S/C19H21N5O2/c1-12-4-5-18-22-16(10-24(18)9-12)19(25)23-6-7-26-17(11-23)15-8-13(2)20-14(3)21-15/h4-5,8-10,17H,6-7,11H2,1-3H3/t17-/m1/s1. The molecule has 0 N–H and O–H groups in total. The van der Waals surface area contributed by atoms with Crippen molar-refractivity contribution in [2.24, 2.45) is 0 Å². The highest BCUT2D eigenvalue weighted by molar-refractivity contribution is 5.93. The Hall–Kier alpha value is -2.80. The van der Waals surface area contributed by atoms with Gasteiger partial charge in [0.1, 0.15) is 23.3 Å². The van der Waals surface area contributed by atoms with Crippen molar-refractivity contribution in [2.45, 2.75) is 26.9 Å². The van der Waals surface area contributed by atoms with Crippen LogP contribution in [-0.4, -0.2) is 49.9 Å². The lowest BCUT2D eigenvalue weighted by Gasteiger charge is -2.32. The third-order valence-corrected chi connectivity index (χ3v) is 4.49. The smallest absolute Gasteiger partial charge is 0.274 e. The zero-order chi connectivity index (χ0) is 18.3. The van der Waals surface area contributed by atoms with Crippen molar-refractivity contribution in [3.05, 3.63) is 59.1 Å². The average molecular weight is 351 g/mol. The van der Waals surface area contributed by atoms with E-state index in [4.69, 9.17) is 4.74 Å². The lowest BCUT2D eigenvalue weighted by molar-refractivity contribution is -0.0250. The summed E-state index contributed by atoms with van der Waals surface area (Å²) in [5.74, 6) is 0.630. The van der Waals surface area contributed by atoms with Gasteiger partial charge >= 0.3 is 0 Å². The van der Waals surface area contributed by atoms with E-state index in [-0.39, 0.29) is 12.0 Å². The number of carbonyl (C=O) groups excluding carboxylic acids is 1. The maximum absolute atomic E-state index is 12.9. The van der Waals surface area contributed by atoms with Gasteiger partial charge in [-0.2, -0.15) is 0 Å². The number of rotatable bonds is 2. The Balaban J connectivity index is 1.57. The Bertz CT molecular complexity index is 961. The summed E-state index contributed by atoms with van der Waals surface area (Å²) in [6, 6.07) is 5.82. The van der Waals surface area contributed by atoms with E-state index in [1.165, 1.54) is 0 Å². The van der Waals surface area contributed by atoms with Gasteiger partial charge in [0.2, 0.25) is 0 Å². The molecule has 0 spiro atoms. The Morgan fingerprint density at radius 2 is 2.00 bits per heavy atom. The number of imidazole rings is 1. The van der Waals surface area contributed by atoms with Crippen molar-refractivity contribution >= 4 is 11.6 Å². The summed E-state index contributed by atoms with van der Waals surface area (Å²) >= 11 is 0. The molecule has 1 atom stereocenters. The summed E-state index contributed by atoms with van der Waals surface area (Å²) in [6.45, 7) is 7.29. The molecule has 0 aromatic carbocycles. The number of pyridine rings is 1. The number of ether oxygens (including phenoxy) is 1. The summed E-state index contributed by atoms with van der Waals surface area (Å²) in [7, 11) is 0. The summed E-state index contributed by atoms with van der Waals surface area (Å²) < 4.78 is 7.74. The molecule has 0 unspecified atom stereocenters. The van der Waals surface area contributed by atoms with Crippen LogP contribution in [0.15, 0.2) is 30.6 Å². The number of hydrogen-bond acceptors (Lipinski definition) is 5. The Kier molecular flexibility index (Phi) is 4.16. The molecular weight excluding hydrogens is 330 g/mol. The van der Waals surface area contributed by atoms with Crippen molar-refractivity contribution in [1.29, 1.82) is 0 Å². The van der Waals surface area contributed by atoms with Gasteiger partial charge in [0.25, 0.3) is 5.91 Å². The van der Waals surface area contributed by atoms with Crippen LogP contribution in [0, 0.1) is 20.8 Å². The van der Waals surface area contributed by atoms with Crippen molar-refractivity contribution < 1.29 is 9.53 Å². The van der Waals surface area contributed by atoms with Gasteiger partial charge in [-0.05, 0) is 38.5 Å². The number of carbonyl (C=O) groups is 1. The van der Waals surface area contributed by atoms with Crippen LogP contribution in [0.1, 0.15) is 39.4 Å². The highest BCUT2D eigenvalue weighted by Crippen LogP contribution is 2.22. The van der Waals surface area contributed by atoms with Crippen LogP contribution in [0.4, 0.5) is 0 Å². The van der Waals surface area contributed by atoms with Gasteiger partial charge in [-0.3, -0.25) is 4.79 Å². The van der Waals surface area contributed by atoms with Crippen LogP contribution < -0.4 is 0 Å². The average Bonchev–Trinajstić information content (AvgIpc) is 3.03. The molecule has 4 heterocycles. The van der Waals surface area contributed by atoms with E-state index >= 15 is 0 Å². The summed E-state index contributed by atoms with van der Waals surface area (Å²) in [6.07, 6.45) is 3.51. The van der Waals surface area contributed by atoms with E-state index in [0.717, 1.165) is 22.6 Å².